The van der Waals surface area contributed by atoms with Crippen molar-refractivity contribution in [2.75, 3.05) is 23.3 Å². The Hall–Kier alpha value is -3.92. The van der Waals surface area contributed by atoms with Gasteiger partial charge in [0.05, 0.1) is 41.3 Å². The summed E-state index contributed by atoms with van der Waals surface area (Å²) >= 11 is 0. The summed E-state index contributed by atoms with van der Waals surface area (Å²) in [6, 6.07) is 13.7. The van der Waals surface area contributed by atoms with Gasteiger partial charge in [0.15, 0.2) is 5.65 Å². The molecular formula is C25H25N5O4S. The molecular weight excluding hydrogens is 466 g/mol. The largest absolute Gasteiger partial charge is 0.496 e. The lowest BCUT2D eigenvalue weighted by molar-refractivity contribution is 0.102. The molecule has 0 atom stereocenters. The van der Waals surface area contributed by atoms with Crippen molar-refractivity contribution < 1.29 is 17.9 Å². The lowest BCUT2D eigenvalue weighted by Gasteiger charge is -2.20. The van der Waals surface area contributed by atoms with Crippen LogP contribution in [0.5, 0.6) is 5.75 Å². The number of methoxy groups -OCH3 is 1. The number of hydrogen-bond acceptors (Lipinski definition) is 6. The zero-order valence-electron chi connectivity index (χ0n) is 19.6. The Kier molecular flexibility index (Phi) is 5.68. The summed E-state index contributed by atoms with van der Waals surface area (Å²) < 4.78 is 35.5. The molecule has 0 unspecified atom stereocenters. The number of sulfonamides is 1. The molecule has 5 rings (SSSR count). The van der Waals surface area contributed by atoms with Gasteiger partial charge in [-0.1, -0.05) is 18.2 Å². The number of hydrogen-bond donors (Lipinski definition) is 1. The van der Waals surface area contributed by atoms with Crippen molar-refractivity contribution in [3.05, 3.63) is 72.1 Å². The van der Waals surface area contributed by atoms with E-state index < -0.39 is 15.9 Å². The highest BCUT2D eigenvalue weighted by atomic mass is 32.2. The topological polar surface area (TPSA) is 106 Å². The second-order valence-corrected chi connectivity index (χ2v) is 10.5. The summed E-state index contributed by atoms with van der Waals surface area (Å²) in [5.41, 5.74) is 2.94. The van der Waals surface area contributed by atoms with Gasteiger partial charge in [-0.15, -0.1) is 0 Å². The third kappa shape index (κ3) is 3.99. The number of fused-ring (bicyclic) bond motifs is 2. The molecule has 0 saturated heterocycles. The van der Waals surface area contributed by atoms with E-state index in [1.165, 1.54) is 29.6 Å². The number of nitrogens with one attached hydrogen (secondary N) is 1. The van der Waals surface area contributed by atoms with Crippen LogP contribution in [0.2, 0.25) is 0 Å². The number of ether oxygens (including phenoxy) is 1. The highest BCUT2D eigenvalue weighted by Crippen LogP contribution is 2.34. The van der Waals surface area contributed by atoms with Gasteiger partial charge in [-0.05, 0) is 56.2 Å². The van der Waals surface area contributed by atoms with Gasteiger partial charge in [-0.3, -0.25) is 9.10 Å². The van der Waals surface area contributed by atoms with Gasteiger partial charge in [-0.2, -0.15) is 5.10 Å². The predicted molar refractivity (Wildman–Crippen MR) is 134 cm³/mol. The Bertz CT molecular complexity index is 1540. The van der Waals surface area contributed by atoms with Crippen LogP contribution in [-0.4, -0.2) is 42.7 Å². The van der Waals surface area contributed by atoms with E-state index in [1.54, 1.807) is 29.2 Å². The van der Waals surface area contributed by atoms with Crippen molar-refractivity contribution in [2.24, 2.45) is 0 Å². The molecule has 2 aromatic heterocycles. The number of amides is 1. The molecule has 180 valence electrons. The van der Waals surface area contributed by atoms with Crippen LogP contribution in [-0.2, 0) is 16.4 Å². The Morgan fingerprint density at radius 2 is 1.91 bits per heavy atom. The van der Waals surface area contributed by atoms with Gasteiger partial charge in [0.2, 0.25) is 0 Å². The monoisotopic (exact) mass is 491 g/mol. The van der Waals surface area contributed by atoms with Crippen LogP contribution in [0.15, 0.2) is 65.8 Å². The number of nitrogens with zero attached hydrogens (tertiary/aromatic N) is 4. The average molecular weight is 492 g/mol. The normalized spacial score (nSPS) is 13.3. The minimum Gasteiger partial charge on any atom is -0.496 e. The summed E-state index contributed by atoms with van der Waals surface area (Å²) in [4.78, 5) is 17.6. The van der Waals surface area contributed by atoms with E-state index in [1.807, 2.05) is 32.0 Å². The van der Waals surface area contributed by atoms with Crippen molar-refractivity contribution in [2.45, 2.75) is 31.2 Å². The van der Waals surface area contributed by atoms with Gasteiger partial charge < -0.3 is 10.1 Å². The zero-order valence-corrected chi connectivity index (χ0v) is 20.4. The fourth-order valence-electron chi connectivity index (χ4n) is 4.29. The predicted octanol–water partition coefficient (Wildman–Crippen LogP) is 4.02. The Balaban J connectivity index is 1.46. The number of anilines is 2. The van der Waals surface area contributed by atoms with Crippen LogP contribution in [0, 0.1) is 0 Å². The zero-order chi connectivity index (χ0) is 24.7. The molecule has 0 aliphatic carbocycles. The minimum absolute atomic E-state index is 0.0203. The fourth-order valence-corrected chi connectivity index (χ4v) is 5.82. The number of carbonyl (C=O) groups is 1. The third-order valence-electron chi connectivity index (χ3n) is 6.03. The van der Waals surface area contributed by atoms with Gasteiger partial charge in [0.1, 0.15) is 5.75 Å². The van der Waals surface area contributed by atoms with E-state index in [2.05, 4.69) is 15.4 Å². The fraction of sp³-hybridized carbons (Fsp3) is 0.240. The quantitative estimate of drug-likeness (QED) is 0.437. The number of aromatic nitrogens is 3. The minimum atomic E-state index is -3.87. The molecule has 1 N–H and O–H groups in total. The van der Waals surface area contributed by atoms with Crippen molar-refractivity contribution >= 4 is 38.3 Å². The molecule has 10 heteroatoms. The first-order valence-electron chi connectivity index (χ1n) is 11.2. The molecule has 35 heavy (non-hydrogen) atoms. The van der Waals surface area contributed by atoms with E-state index in [0.29, 0.717) is 24.3 Å². The third-order valence-corrected chi connectivity index (χ3v) is 7.84. The van der Waals surface area contributed by atoms with Crippen LogP contribution in [0.4, 0.5) is 11.4 Å². The summed E-state index contributed by atoms with van der Waals surface area (Å²) in [5.74, 6) is -0.233. The van der Waals surface area contributed by atoms with Crippen LogP contribution in [0.3, 0.4) is 0 Å². The van der Waals surface area contributed by atoms with Crippen LogP contribution < -0.4 is 14.4 Å². The van der Waals surface area contributed by atoms with Crippen molar-refractivity contribution in [1.82, 2.24) is 14.8 Å². The van der Waals surface area contributed by atoms with Gasteiger partial charge in [0, 0.05) is 18.0 Å². The molecule has 0 saturated carbocycles. The maximum Gasteiger partial charge on any atom is 0.264 e. The van der Waals surface area contributed by atoms with Crippen molar-refractivity contribution in [1.29, 1.82) is 0 Å². The molecule has 9 nitrogen and oxygen atoms in total. The number of para-hydroxylation sites is 1. The second-order valence-electron chi connectivity index (χ2n) is 8.59. The van der Waals surface area contributed by atoms with Gasteiger partial charge >= 0.3 is 0 Å². The average Bonchev–Trinajstić information content (AvgIpc) is 3.48. The molecule has 2 aromatic carbocycles. The first-order valence-corrected chi connectivity index (χ1v) is 12.7. The van der Waals surface area contributed by atoms with E-state index >= 15 is 0 Å². The second kappa shape index (κ2) is 8.70. The summed E-state index contributed by atoms with van der Waals surface area (Å²) in [7, 11) is -2.43. The van der Waals surface area contributed by atoms with E-state index in [0.717, 1.165) is 16.6 Å². The summed E-state index contributed by atoms with van der Waals surface area (Å²) in [6.07, 6.45) is 3.89. The van der Waals surface area contributed by atoms with E-state index in [4.69, 9.17) is 4.74 Å². The number of carbonyl (C=O) groups excluding carboxylic acids is 1. The molecule has 1 aliphatic rings. The molecule has 4 aromatic rings. The Labute approximate surface area is 203 Å². The van der Waals surface area contributed by atoms with Gasteiger partial charge in [-0.25, -0.2) is 18.1 Å². The summed E-state index contributed by atoms with van der Waals surface area (Å²) in [6.45, 7) is 4.38. The Morgan fingerprint density at radius 3 is 2.69 bits per heavy atom. The molecule has 0 fully saturated rings. The highest BCUT2D eigenvalue weighted by Gasteiger charge is 2.31. The number of pyridine rings is 1. The first-order chi connectivity index (χ1) is 16.8. The van der Waals surface area contributed by atoms with Crippen LogP contribution in [0.1, 0.15) is 35.8 Å². The molecule has 0 bridgehead atoms. The number of benzene rings is 2. The molecule has 1 aliphatic heterocycles. The maximum absolute atomic E-state index is 13.5. The highest BCUT2D eigenvalue weighted by molar-refractivity contribution is 7.92. The molecule has 1 amide bonds. The lowest BCUT2D eigenvalue weighted by atomic mass is 10.2. The Morgan fingerprint density at radius 1 is 1.11 bits per heavy atom. The van der Waals surface area contributed by atoms with Crippen LogP contribution in [0.25, 0.3) is 11.0 Å². The SMILES string of the molecule is COc1ccc(S(=O)(=O)N2CCc3ccccc32)cc1C(=O)Nc1cnc2c(cnn2C(C)C)c1. The van der Waals surface area contributed by atoms with Crippen molar-refractivity contribution in [3.8, 4) is 5.75 Å². The maximum atomic E-state index is 13.5. The van der Waals surface area contributed by atoms with Crippen molar-refractivity contribution in [3.63, 3.8) is 0 Å². The van der Waals surface area contributed by atoms with Gasteiger partial charge in [0.25, 0.3) is 15.9 Å². The van der Waals surface area contributed by atoms with Crippen LogP contribution >= 0.6 is 0 Å². The smallest absolute Gasteiger partial charge is 0.264 e. The molecule has 3 heterocycles. The number of rotatable bonds is 6. The lowest BCUT2D eigenvalue weighted by Crippen LogP contribution is -2.29. The molecule has 0 spiro atoms. The molecule has 0 radical (unpaired) electrons. The standard InChI is InChI=1S/C25H25N5O4S/c1-16(2)30-24-18(14-27-30)12-19(15-26-24)28-25(31)21-13-20(8-9-23(21)34-3)35(32,33)29-11-10-17-6-4-5-7-22(17)29/h4-9,12-16H,10-11H2,1-3H3,(H,28,31). The van der Waals surface area contributed by atoms with E-state index in [9.17, 15) is 13.2 Å². The summed E-state index contributed by atoms with van der Waals surface area (Å²) in [5, 5.41) is 7.93. The van der Waals surface area contributed by atoms with E-state index in [-0.39, 0.29) is 22.3 Å². The first kappa shape index (κ1) is 22.9.